The molecule has 6 heteroatoms. The lowest BCUT2D eigenvalue weighted by molar-refractivity contribution is -0.117. The quantitative estimate of drug-likeness (QED) is 0.593. The zero-order chi connectivity index (χ0) is 23.4. The second kappa shape index (κ2) is 9.76. The standard InChI is InChI=1S/C27H28N4O2/c1-19-20(2)31(17-21-6-4-3-5-7-21)27(25(19)16-28)29-26(33)18-30-14-12-23(13-15-30)22-8-10-24(32)11-9-22/h3-12,32H,13-15,17-18H2,1-2H3,(H,29,33). The van der Waals surface area contributed by atoms with E-state index in [-0.39, 0.29) is 18.2 Å². The van der Waals surface area contributed by atoms with E-state index >= 15 is 0 Å². The summed E-state index contributed by atoms with van der Waals surface area (Å²) in [4.78, 5) is 15.0. The molecule has 0 unspecified atom stereocenters. The summed E-state index contributed by atoms with van der Waals surface area (Å²) in [5.74, 6) is 0.700. The van der Waals surface area contributed by atoms with E-state index in [1.807, 2.05) is 60.9 Å². The molecule has 0 saturated carbocycles. The van der Waals surface area contributed by atoms with Crippen LogP contribution in [0, 0.1) is 25.2 Å². The normalized spacial score (nSPS) is 13.9. The van der Waals surface area contributed by atoms with Crippen molar-refractivity contribution in [3.05, 3.63) is 88.6 Å². The summed E-state index contributed by atoms with van der Waals surface area (Å²) in [6.45, 7) is 6.21. The minimum Gasteiger partial charge on any atom is -0.508 e. The van der Waals surface area contributed by atoms with E-state index in [0.29, 0.717) is 24.5 Å². The van der Waals surface area contributed by atoms with Gasteiger partial charge in [-0.05, 0) is 54.7 Å². The monoisotopic (exact) mass is 440 g/mol. The molecule has 0 fully saturated rings. The number of amides is 1. The van der Waals surface area contributed by atoms with Gasteiger partial charge >= 0.3 is 0 Å². The third kappa shape index (κ3) is 5.00. The Morgan fingerprint density at radius 2 is 1.85 bits per heavy atom. The van der Waals surface area contributed by atoms with E-state index in [0.717, 1.165) is 35.3 Å². The number of aromatic nitrogens is 1. The maximum atomic E-state index is 12.9. The van der Waals surface area contributed by atoms with Crippen molar-refractivity contribution in [3.8, 4) is 11.8 Å². The summed E-state index contributed by atoms with van der Waals surface area (Å²) in [6, 6.07) is 19.5. The van der Waals surface area contributed by atoms with Gasteiger partial charge in [-0.1, -0.05) is 48.5 Å². The predicted molar refractivity (Wildman–Crippen MR) is 130 cm³/mol. The number of carbonyl (C=O) groups excluding carboxylic acids is 1. The molecule has 0 radical (unpaired) electrons. The molecule has 0 spiro atoms. The maximum absolute atomic E-state index is 12.9. The highest BCUT2D eigenvalue weighted by Crippen LogP contribution is 2.28. The first-order valence-electron chi connectivity index (χ1n) is 11.1. The zero-order valence-electron chi connectivity index (χ0n) is 19.0. The van der Waals surface area contributed by atoms with Gasteiger partial charge in [0, 0.05) is 25.3 Å². The smallest absolute Gasteiger partial charge is 0.239 e. The number of hydrogen-bond acceptors (Lipinski definition) is 4. The molecule has 1 aliphatic rings. The van der Waals surface area contributed by atoms with Gasteiger partial charge in [0.2, 0.25) is 5.91 Å². The van der Waals surface area contributed by atoms with Crippen LogP contribution in [0.25, 0.3) is 5.57 Å². The van der Waals surface area contributed by atoms with E-state index in [1.54, 1.807) is 12.1 Å². The molecule has 1 aromatic heterocycles. The van der Waals surface area contributed by atoms with E-state index in [9.17, 15) is 15.2 Å². The summed E-state index contributed by atoms with van der Waals surface area (Å²) in [5, 5.41) is 22.2. The molecule has 0 atom stereocenters. The molecule has 6 nitrogen and oxygen atoms in total. The fourth-order valence-electron chi connectivity index (χ4n) is 4.26. The average molecular weight is 441 g/mol. The van der Waals surface area contributed by atoms with Crippen LogP contribution in [0.5, 0.6) is 5.75 Å². The third-order valence-electron chi connectivity index (χ3n) is 6.28. The van der Waals surface area contributed by atoms with Crippen LogP contribution in [0.3, 0.4) is 0 Å². The molecule has 1 amide bonds. The van der Waals surface area contributed by atoms with Crippen LogP contribution >= 0.6 is 0 Å². The van der Waals surface area contributed by atoms with Gasteiger partial charge in [-0.2, -0.15) is 5.26 Å². The van der Waals surface area contributed by atoms with Crippen LogP contribution < -0.4 is 5.32 Å². The first-order chi connectivity index (χ1) is 16.0. The molecule has 1 aliphatic heterocycles. The second-order valence-corrected chi connectivity index (χ2v) is 8.43. The van der Waals surface area contributed by atoms with Crippen molar-refractivity contribution in [2.24, 2.45) is 0 Å². The number of phenolic OH excluding ortho intramolecular Hbond substituents is 1. The number of aromatic hydroxyl groups is 1. The zero-order valence-corrected chi connectivity index (χ0v) is 19.0. The van der Waals surface area contributed by atoms with Gasteiger partial charge in [-0.3, -0.25) is 9.69 Å². The van der Waals surface area contributed by atoms with Crippen molar-refractivity contribution in [3.63, 3.8) is 0 Å². The molecule has 2 N–H and O–H groups in total. The Kier molecular flexibility index (Phi) is 6.62. The van der Waals surface area contributed by atoms with Gasteiger partial charge in [0.05, 0.1) is 12.1 Å². The van der Waals surface area contributed by atoms with Gasteiger partial charge in [0.15, 0.2) is 0 Å². The lowest BCUT2D eigenvalue weighted by Gasteiger charge is -2.26. The largest absolute Gasteiger partial charge is 0.508 e. The summed E-state index contributed by atoms with van der Waals surface area (Å²) < 4.78 is 2.01. The number of carbonyl (C=O) groups is 1. The lowest BCUT2D eigenvalue weighted by atomic mass is 9.99. The van der Waals surface area contributed by atoms with Crippen molar-refractivity contribution in [1.29, 1.82) is 5.26 Å². The van der Waals surface area contributed by atoms with Gasteiger partial charge < -0.3 is 15.0 Å². The minimum atomic E-state index is -0.125. The number of anilines is 1. The summed E-state index contributed by atoms with van der Waals surface area (Å²) in [6.07, 6.45) is 2.97. The van der Waals surface area contributed by atoms with Gasteiger partial charge in [-0.15, -0.1) is 0 Å². The van der Waals surface area contributed by atoms with Crippen LogP contribution in [0.4, 0.5) is 5.82 Å². The summed E-state index contributed by atoms with van der Waals surface area (Å²) >= 11 is 0. The van der Waals surface area contributed by atoms with Crippen molar-refractivity contribution in [2.75, 3.05) is 25.0 Å². The highest BCUT2D eigenvalue weighted by Gasteiger charge is 2.21. The molecular formula is C27H28N4O2. The topological polar surface area (TPSA) is 81.3 Å². The van der Waals surface area contributed by atoms with Gasteiger partial charge in [0.25, 0.3) is 0 Å². The Bertz CT molecular complexity index is 1220. The fraction of sp³-hybridized carbons (Fsp3) is 0.259. The number of nitriles is 1. The molecule has 33 heavy (non-hydrogen) atoms. The van der Waals surface area contributed by atoms with Crippen LogP contribution in [0.1, 0.15) is 34.4 Å². The van der Waals surface area contributed by atoms with Crippen LogP contribution in [-0.4, -0.2) is 40.1 Å². The molecule has 4 rings (SSSR count). The highest BCUT2D eigenvalue weighted by molar-refractivity contribution is 5.93. The average Bonchev–Trinajstić information content (AvgIpc) is 3.04. The van der Waals surface area contributed by atoms with Gasteiger partial charge in [0.1, 0.15) is 17.6 Å². The van der Waals surface area contributed by atoms with Gasteiger partial charge in [-0.25, -0.2) is 0 Å². The first-order valence-corrected chi connectivity index (χ1v) is 11.1. The second-order valence-electron chi connectivity index (χ2n) is 8.43. The molecule has 3 aromatic rings. The number of hydrogen-bond donors (Lipinski definition) is 2. The Balaban J connectivity index is 1.46. The summed E-state index contributed by atoms with van der Waals surface area (Å²) in [7, 11) is 0. The van der Waals surface area contributed by atoms with Crippen molar-refractivity contribution in [1.82, 2.24) is 9.47 Å². The lowest BCUT2D eigenvalue weighted by Crippen LogP contribution is -2.36. The number of benzene rings is 2. The minimum absolute atomic E-state index is 0.125. The van der Waals surface area contributed by atoms with Crippen LogP contribution in [0.15, 0.2) is 60.7 Å². The van der Waals surface area contributed by atoms with E-state index in [4.69, 9.17) is 0 Å². The Hall–Kier alpha value is -3.82. The molecule has 2 heterocycles. The number of phenols is 1. The number of nitrogens with one attached hydrogen (secondary N) is 1. The van der Waals surface area contributed by atoms with E-state index in [1.165, 1.54) is 5.57 Å². The van der Waals surface area contributed by atoms with Crippen LogP contribution in [-0.2, 0) is 11.3 Å². The number of rotatable bonds is 6. The fourth-order valence-corrected chi connectivity index (χ4v) is 4.26. The molecule has 168 valence electrons. The van der Waals surface area contributed by atoms with Crippen molar-refractivity contribution >= 4 is 17.3 Å². The Morgan fingerprint density at radius 3 is 2.48 bits per heavy atom. The molecular weight excluding hydrogens is 412 g/mol. The Morgan fingerprint density at radius 1 is 1.12 bits per heavy atom. The van der Waals surface area contributed by atoms with Crippen LogP contribution in [0.2, 0.25) is 0 Å². The van der Waals surface area contributed by atoms with E-state index < -0.39 is 0 Å². The predicted octanol–water partition coefficient (Wildman–Crippen LogP) is 4.46. The maximum Gasteiger partial charge on any atom is 0.239 e. The third-order valence-corrected chi connectivity index (χ3v) is 6.28. The first kappa shape index (κ1) is 22.4. The SMILES string of the molecule is Cc1c(C#N)c(NC(=O)CN2CC=C(c3ccc(O)cc3)CC2)n(Cc2ccccc2)c1C. The number of nitrogens with zero attached hydrogens (tertiary/aromatic N) is 3. The molecule has 0 aliphatic carbocycles. The molecule has 0 saturated heterocycles. The summed E-state index contributed by atoms with van der Waals surface area (Å²) in [5.41, 5.74) is 5.82. The van der Waals surface area contributed by atoms with E-state index in [2.05, 4.69) is 22.4 Å². The Labute approximate surface area is 194 Å². The highest BCUT2D eigenvalue weighted by atomic mass is 16.3. The molecule has 2 aromatic carbocycles. The van der Waals surface area contributed by atoms with Crippen molar-refractivity contribution in [2.45, 2.75) is 26.8 Å². The molecule has 0 bridgehead atoms. The van der Waals surface area contributed by atoms with Crippen molar-refractivity contribution < 1.29 is 9.90 Å².